The average molecular weight is 459 g/mol. The summed E-state index contributed by atoms with van der Waals surface area (Å²) in [7, 11) is 0. The van der Waals surface area contributed by atoms with Crippen molar-refractivity contribution < 1.29 is 18.3 Å². The van der Waals surface area contributed by atoms with Crippen molar-refractivity contribution in [2.24, 2.45) is 4.99 Å². The van der Waals surface area contributed by atoms with Gasteiger partial charge in [0.05, 0.1) is 11.8 Å². The highest BCUT2D eigenvalue weighted by Gasteiger charge is 2.18. The Hall–Kier alpha value is -2.51. The number of carbonyl (C=O) groups excluding carboxylic acids is 1. The summed E-state index contributed by atoms with van der Waals surface area (Å²) in [6.45, 7) is 2.92. The van der Waals surface area contributed by atoms with Gasteiger partial charge in [-0.25, -0.2) is 9.38 Å². The van der Waals surface area contributed by atoms with Crippen LogP contribution in [0.2, 0.25) is 0 Å². The smallest absolute Gasteiger partial charge is 0.256 e. The molecule has 3 aromatic rings. The first-order chi connectivity index (χ1) is 14.0. The summed E-state index contributed by atoms with van der Waals surface area (Å²) in [6, 6.07) is 11.6. The number of carbonyl (C=O) groups is 1. The molecule has 1 aliphatic heterocycles. The Morgan fingerprint density at radius 1 is 1.28 bits per heavy atom. The Morgan fingerprint density at radius 2 is 2.14 bits per heavy atom. The standard InChI is InChI=1S/C22H20BrFN2O3/c1-13-9-16(24)5-6-19(13)26-22-18(21(27)25-12-17-3-2-8-28-17)11-14-10-15(23)4-7-20(14)29-22/h4-7,9-11,17H,2-3,8,12H2,1H3,(H,25,27). The number of aryl methyl sites for hydroxylation is 1. The number of nitrogens with one attached hydrogen (secondary N) is 1. The first kappa shape index (κ1) is 19.8. The zero-order valence-electron chi connectivity index (χ0n) is 15.9. The molecular formula is C22H20BrFN2O3. The van der Waals surface area contributed by atoms with Crippen LogP contribution >= 0.6 is 15.9 Å². The third-order valence-corrected chi connectivity index (χ3v) is 5.34. The van der Waals surface area contributed by atoms with Crippen LogP contribution in [0.25, 0.3) is 11.0 Å². The molecule has 1 unspecified atom stereocenters. The number of fused-ring (bicyclic) bond motifs is 1. The number of rotatable bonds is 4. The number of ether oxygens (including phenoxy) is 1. The summed E-state index contributed by atoms with van der Waals surface area (Å²) in [4.78, 5) is 17.4. The van der Waals surface area contributed by atoms with E-state index >= 15 is 0 Å². The fraction of sp³-hybridized carbons (Fsp3) is 0.273. The van der Waals surface area contributed by atoms with E-state index in [9.17, 15) is 9.18 Å². The van der Waals surface area contributed by atoms with Gasteiger partial charge in [-0.05, 0) is 67.8 Å². The van der Waals surface area contributed by atoms with E-state index in [1.165, 1.54) is 12.1 Å². The predicted octanol–water partition coefficient (Wildman–Crippen LogP) is 4.78. The molecule has 0 spiro atoms. The molecule has 1 fully saturated rings. The molecule has 0 aliphatic carbocycles. The number of amides is 1. The van der Waals surface area contributed by atoms with Gasteiger partial charge >= 0.3 is 0 Å². The molecule has 1 atom stereocenters. The topological polar surface area (TPSA) is 63.8 Å². The van der Waals surface area contributed by atoms with Crippen molar-refractivity contribution in [3.63, 3.8) is 0 Å². The molecule has 150 valence electrons. The highest BCUT2D eigenvalue weighted by Crippen LogP contribution is 2.22. The normalized spacial score (nSPS) is 17.1. The molecule has 1 aromatic heterocycles. The lowest BCUT2D eigenvalue weighted by Crippen LogP contribution is -2.34. The Labute approximate surface area is 175 Å². The van der Waals surface area contributed by atoms with Crippen LogP contribution in [0.1, 0.15) is 28.8 Å². The molecule has 0 saturated carbocycles. The second-order valence-electron chi connectivity index (χ2n) is 7.04. The van der Waals surface area contributed by atoms with Gasteiger partial charge in [0.2, 0.25) is 5.55 Å². The van der Waals surface area contributed by atoms with Gasteiger partial charge in [0.25, 0.3) is 5.91 Å². The quantitative estimate of drug-likeness (QED) is 0.611. The fourth-order valence-electron chi connectivity index (χ4n) is 3.31. The van der Waals surface area contributed by atoms with E-state index < -0.39 is 0 Å². The number of benzene rings is 2. The Kier molecular flexibility index (Phi) is 5.78. The molecule has 1 N–H and O–H groups in total. The van der Waals surface area contributed by atoms with Gasteiger partial charge in [0.15, 0.2) is 0 Å². The van der Waals surface area contributed by atoms with Crippen LogP contribution < -0.4 is 10.9 Å². The van der Waals surface area contributed by atoms with Crippen LogP contribution in [0.3, 0.4) is 0 Å². The number of hydrogen-bond acceptors (Lipinski definition) is 4. The van der Waals surface area contributed by atoms with Gasteiger partial charge in [-0.15, -0.1) is 0 Å². The van der Waals surface area contributed by atoms with Crippen molar-refractivity contribution >= 4 is 38.5 Å². The van der Waals surface area contributed by atoms with E-state index in [-0.39, 0.29) is 23.4 Å². The minimum atomic E-state index is -0.337. The number of hydrogen-bond donors (Lipinski definition) is 1. The van der Waals surface area contributed by atoms with E-state index in [2.05, 4.69) is 26.2 Å². The summed E-state index contributed by atoms with van der Waals surface area (Å²) >= 11 is 3.44. The van der Waals surface area contributed by atoms with Gasteiger partial charge in [-0.3, -0.25) is 4.79 Å². The van der Waals surface area contributed by atoms with Crippen LogP contribution in [-0.2, 0) is 4.74 Å². The lowest BCUT2D eigenvalue weighted by Gasteiger charge is -2.11. The van der Waals surface area contributed by atoms with Gasteiger partial charge in [-0.1, -0.05) is 15.9 Å². The second kappa shape index (κ2) is 8.47. The lowest BCUT2D eigenvalue weighted by molar-refractivity contribution is 0.0854. The van der Waals surface area contributed by atoms with Crippen molar-refractivity contribution in [1.82, 2.24) is 5.32 Å². The molecule has 1 amide bonds. The minimum absolute atomic E-state index is 0.0326. The first-order valence-corrected chi connectivity index (χ1v) is 10.2. The predicted molar refractivity (Wildman–Crippen MR) is 112 cm³/mol. The largest absolute Gasteiger partial charge is 0.438 e. The fourth-order valence-corrected chi connectivity index (χ4v) is 3.69. The maximum atomic E-state index is 13.4. The van der Waals surface area contributed by atoms with Crippen LogP contribution in [-0.4, -0.2) is 25.2 Å². The maximum Gasteiger partial charge on any atom is 0.256 e. The van der Waals surface area contributed by atoms with E-state index in [1.54, 1.807) is 19.1 Å². The molecule has 4 rings (SSSR count). The Bertz CT molecular complexity index is 1140. The summed E-state index contributed by atoms with van der Waals surface area (Å²) in [5.41, 5.74) is 2.29. The van der Waals surface area contributed by atoms with E-state index in [1.807, 2.05) is 18.2 Å². The van der Waals surface area contributed by atoms with Crippen molar-refractivity contribution in [3.8, 4) is 0 Å². The van der Waals surface area contributed by atoms with Gasteiger partial charge < -0.3 is 14.5 Å². The summed E-state index contributed by atoms with van der Waals surface area (Å²) < 4.78 is 25.9. The monoisotopic (exact) mass is 458 g/mol. The Morgan fingerprint density at radius 3 is 2.90 bits per heavy atom. The average Bonchev–Trinajstić information content (AvgIpc) is 3.21. The van der Waals surface area contributed by atoms with Crippen molar-refractivity contribution in [2.75, 3.05) is 13.2 Å². The SMILES string of the molecule is Cc1cc(F)ccc1N=c1oc2ccc(Br)cc2cc1C(=O)NCC1CCCO1. The Balaban J connectivity index is 1.78. The molecule has 2 heterocycles. The van der Waals surface area contributed by atoms with Gasteiger partial charge in [0.1, 0.15) is 17.0 Å². The van der Waals surface area contributed by atoms with Crippen molar-refractivity contribution in [3.05, 3.63) is 69.4 Å². The lowest BCUT2D eigenvalue weighted by atomic mass is 10.1. The molecular weight excluding hydrogens is 439 g/mol. The molecule has 1 saturated heterocycles. The zero-order valence-corrected chi connectivity index (χ0v) is 17.5. The first-order valence-electron chi connectivity index (χ1n) is 9.44. The number of nitrogens with zero attached hydrogens (tertiary/aromatic N) is 1. The highest BCUT2D eigenvalue weighted by molar-refractivity contribution is 9.10. The number of halogens is 2. The maximum absolute atomic E-state index is 13.4. The van der Waals surface area contributed by atoms with E-state index in [0.29, 0.717) is 28.9 Å². The summed E-state index contributed by atoms with van der Waals surface area (Å²) in [6.07, 6.45) is 1.97. The van der Waals surface area contributed by atoms with E-state index in [0.717, 1.165) is 29.3 Å². The third-order valence-electron chi connectivity index (χ3n) is 4.85. The summed E-state index contributed by atoms with van der Waals surface area (Å²) in [5, 5.41) is 3.69. The molecule has 29 heavy (non-hydrogen) atoms. The highest BCUT2D eigenvalue weighted by atomic mass is 79.9. The molecule has 1 aliphatic rings. The van der Waals surface area contributed by atoms with Crippen molar-refractivity contribution in [1.29, 1.82) is 0 Å². The molecule has 0 radical (unpaired) electrons. The van der Waals surface area contributed by atoms with Crippen LogP contribution in [0.4, 0.5) is 10.1 Å². The van der Waals surface area contributed by atoms with Crippen molar-refractivity contribution in [2.45, 2.75) is 25.9 Å². The molecule has 7 heteroatoms. The van der Waals surface area contributed by atoms with Gasteiger partial charge in [-0.2, -0.15) is 0 Å². The minimum Gasteiger partial charge on any atom is -0.438 e. The third kappa shape index (κ3) is 4.57. The van der Waals surface area contributed by atoms with E-state index in [4.69, 9.17) is 9.15 Å². The van der Waals surface area contributed by atoms with Crippen LogP contribution in [0.15, 0.2) is 56.3 Å². The van der Waals surface area contributed by atoms with Crippen LogP contribution in [0.5, 0.6) is 0 Å². The zero-order chi connectivity index (χ0) is 20.4. The van der Waals surface area contributed by atoms with Crippen LogP contribution in [0, 0.1) is 12.7 Å². The summed E-state index contributed by atoms with van der Waals surface area (Å²) in [5.74, 6) is -0.624. The molecule has 0 bridgehead atoms. The molecule has 5 nitrogen and oxygen atoms in total. The van der Waals surface area contributed by atoms with Gasteiger partial charge in [0, 0.05) is 23.0 Å². The molecule has 2 aromatic carbocycles. The second-order valence-corrected chi connectivity index (χ2v) is 7.95.